The molecular formula is C16H20N2O. The van der Waals surface area contributed by atoms with Crippen LogP contribution in [0.4, 0.5) is 0 Å². The number of carbonyl (C=O) groups excluding carboxylic acids is 1. The van der Waals surface area contributed by atoms with Gasteiger partial charge >= 0.3 is 0 Å². The van der Waals surface area contributed by atoms with Gasteiger partial charge in [-0.1, -0.05) is 37.3 Å². The standard InChI is InChI=1S/C16H20N2O/c1-13-7-9-18(10-8-13)12-16(19)15(11-17)14-5-3-2-4-6-14/h2-6,13,15H,7-10,12H2,1H3. The Balaban J connectivity index is 1.97. The fourth-order valence-corrected chi connectivity index (χ4v) is 2.51. The molecule has 1 aromatic carbocycles. The lowest BCUT2D eigenvalue weighted by atomic mass is 9.94. The summed E-state index contributed by atoms with van der Waals surface area (Å²) in [5.41, 5.74) is 0.806. The third-order valence-electron chi connectivity index (χ3n) is 3.84. The minimum Gasteiger partial charge on any atom is -0.296 e. The SMILES string of the molecule is CC1CCN(CC(=O)C(C#N)c2ccccc2)CC1. The van der Waals surface area contributed by atoms with Crippen molar-refractivity contribution in [2.75, 3.05) is 19.6 Å². The molecule has 0 aliphatic carbocycles. The number of likely N-dealkylation sites (tertiary alicyclic amines) is 1. The molecule has 0 N–H and O–H groups in total. The van der Waals surface area contributed by atoms with E-state index in [0.29, 0.717) is 6.54 Å². The van der Waals surface area contributed by atoms with Crippen LogP contribution in [-0.4, -0.2) is 30.3 Å². The molecule has 0 bridgehead atoms. The van der Waals surface area contributed by atoms with Crippen molar-refractivity contribution in [3.8, 4) is 6.07 Å². The second kappa shape index (κ2) is 6.49. The minimum atomic E-state index is -0.624. The Bertz CT molecular complexity index is 455. The molecule has 1 unspecified atom stereocenters. The first-order chi connectivity index (χ1) is 9.20. The Morgan fingerprint density at radius 3 is 2.58 bits per heavy atom. The van der Waals surface area contributed by atoms with E-state index in [1.54, 1.807) is 0 Å². The van der Waals surface area contributed by atoms with Crippen molar-refractivity contribution in [1.82, 2.24) is 4.90 Å². The van der Waals surface area contributed by atoms with Gasteiger partial charge in [-0.2, -0.15) is 5.26 Å². The Hall–Kier alpha value is -1.66. The summed E-state index contributed by atoms with van der Waals surface area (Å²) in [6, 6.07) is 11.5. The second-order valence-corrected chi connectivity index (χ2v) is 5.40. The molecule has 1 fully saturated rings. The molecule has 1 aliphatic heterocycles. The van der Waals surface area contributed by atoms with Gasteiger partial charge in [-0.15, -0.1) is 0 Å². The highest BCUT2D eigenvalue weighted by Crippen LogP contribution is 2.19. The van der Waals surface area contributed by atoms with E-state index < -0.39 is 5.92 Å². The Morgan fingerprint density at radius 1 is 1.37 bits per heavy atom. The van der Waals surface area contributed by atoms with E-state index >= 15 is 0 Å². The van der Waals surface area contributed by atoms with Gasteiger partial charge in [0, 0.05) is 0 Å². The molecular weight excluding hydrogens is 236 g/mol. The predicted molar refractivity (Wildman–Crippen MR) is 74.6 cm³/mol. The van der Waals surface area contributed by atoms with Gasteiger partial charge in [0.05, 0.1) is 12.6 Å². The topological polar surface area (TPSA) is 44.1 Å². The molecule has 2 rings (SSSR count). The molecule has 0 amide bonds. The van der Waals surface area contributed by atoms with Crippen molar-refractivity contribution in [3.05, 3.63) is 35.9 Å². The van der Waals surface area contributed by atoms with E-state index in [4.69, 9.17) is 0 Å². The van der Waals surface area contributed by atoms with Crippen LogP contribution in [0.25, 0.3) is 0 Å². The maximum atomic E-state index is 12.3. The molecule has 3 heteroatoms. The van der Waals surface area contributed by atoms with Gasteiger partial charge in [0.15, 0.2) is 5.78 Å². The summed E-state index contributed by atoms with van der Waals surface area (Å²) in [4.78, 5) is 14.4. The number of ketones is 1. The zero-order valence-corrected chi connectivity index (χ0v) is 11.4. The summed E-state index contributed by atoms with van der Waals surface area (Å²) in [6.07, 6.45) is 2.30. The van der Waals surface area contributed by atoms with Crippen molar-refractivity contribution >= 4 is 5.78 Å². The van der Waals surface area contributed by atoms with Crippen LogP contribution in [0.3, 0.4) is 0 Å². The van der Waals surface area contributed by atoms with E-state index in [1.807, 2.05) is 30.3 Å². The maximum absolute atomic E-state index is 12.3. The van der Waals surface area contributed by atoms with E-state index in [9.17, 15) is 10.1 Å². The highest BCUT2D eigenvalue weighted by atomic mass is 16.1. The largest absolute Gasteiger partial charge is 0.296 e. The average Bonchev–Trinajstić information content (AvgIpc) is 2.43. The lowest BCUT2D eigenvalue weighted by Crippen LogP contribution is -2.38. The van der Waals surface area contributed by atoms with E-state index in [2.05, 4.69) is 17.9 Å². The van der Waals surface area contributed by atoms with Crippen molar-refractivity contribution in [2.45, 2.75) is 25.7 Å². The average molecular weight is 256 g/mol. The number of carbonyl (C=O) groups is 1. The lowest BCUT2D eigenvalue weighted by molar-refractivity contribution is -0.120. The highest BCUT2D eigenvalue weighted by Gasteiger charge is 2.24. The molecule has 1 heterocycles. The number of Topliss-reactive ketones (excluding diaryl/α,β-unsaturated/α-hetero) is 1. The molecule has 1 aliphatic rings. The van der Waals surface area contributed by atoms with Crippen LogP contribution in [-0.2, 0) is 4.79 Å². The van der Waals surface area contributed by atoms with Gasteiger partial charge in [0.25, 0.3) is 0 Å². The molecule has 100 valence electrons. The van der Waals surface area contributed by atoms with Crippen LogP contribution < -0.4 is 0 Å². The van der Waals surface area contributed by atoms with Gasteiger partial charge in [-0.05, 0) is 37.4 Å². The van der Waals surface area contributed by atoms with Gasteiger partial charge in [-0.3, -0.25) is 9.69 Å². The fraction of sp³-hybridized carbons (Fsp3) is 0.500. The number of nitrogens with zero attached hydrogens (tertiary/aromatic N) is 2. The van der Waals surface area contributed by atoms with E-state index in [0.717, 1.165) is 37.4 Å². The molecule has 0 saturated carbocycles. The molecule has 0 aromatic heterocycles. The van der Waals surface area contributed by atoms with Gasteiger partial charge in [0.2, 0.25) is 0 Å². The van der Waals surface area contributed by atoms with Crippen LogP contribution in [0.15, 0.2) is 30.3 Å². The number of piperidine rings is 1. The zero-order valence-electron chi connectivity index (χ0n) is 11.4. The summed E-state index contributed by atoms with van der Waals surface area (Å²) >= 11 is 0. The first-order valence-electron chi connectivity index (χ1n) is 6.90. The number of rotatable bonds is 4. The van der Waals surface area contributed by atoms with Crippen molar-refractivity contribution in [1.29, 1.82) is 5.26 Å². The van der Waals surface area contributed by atoms with Gasteiger partial charge < -0.3 is 0 Å². The van der Waals surface area contributed by atoms with Crippen LogP contribution in [0.2, 0.25) is 0 Å². The molecule has 1 atom stereocenters. The van der Waals surface area contributed by atoms with Crippen molar-refractivity contribution in [2.24, 2.45) is 5.92 Å². The molecule has 3 nitrogen and oxygen atoms in total. The van der Waals surface area contributed by atoms with Gasteiger partial charge in [0.1, 0.15) is 5.92 Å². The quantitative estimate of drug-likeness (QED) is 0.831. The van der Waals surface area contributed by atoms with Crippen LogP contribution >= 0.6 is 0 Å². The Morgan fingerprint density at radius 2 is 2.00 bits per heavy atom. The van der Waals surface area contributed by atoms with E-state index in [-0.39, 0.29) is 5.78 Å². The first-order valence-corrected chi connectivity index (χ1v) is 6.90. The first kappa shape index (κ1) is 13.8. The third kappa shape index (κ3) is 3.65. The fourth-order valence-electron chi connectivity index (χ4n) is 2.51. The maximum Gasteiger partial charge on any atom is 0.168 e. The Labute approximate surface area is 114 Å². The summed E-state index contributed by atoms with van der Waals surface area (Å²) < 4.78 is 0. The Kier molecular flexibility index (Phi) is 4.70. The number of hydrogen-bond donors (Lipinski definition) is 0. The monoisotopic (exact) mass is 256 g/mol. The number of benzene rings is 1. The normalized spacial score (nSPS) is 18.7. The summed E-state index contributed by atoms with van der Waals surface area (Å²) in [6.45, 7) is 4.60. The summed E-state index contributed by atoms with van der Waals surface area (Å²) in [7, 11) is 0. The van der Waals surface area contributed by atoms with Crippen LogP contribution in [0.5, 0.6) is 0 Å². The smallest absolute Gasteiger partial charge is 0.168 e. The second-order valence-electron chi connectivity index (χ2n) is 5.40. The van der Waals surface area contributed by atoms with E-state index in [1.165, 1.54) is 0 Å². The third-order valence-corrected chi connectivity index (χ3v) is 3.84. The number of hydrogen-bond acceptors (Lipinski definition) is 3. The number of nitriles is 1. The van der Waals surface area contributed by atoms with Crippen molar-refractivity contribution < 1.29 is 4.79 Å². The molecule has 1 aromatic rings. The molecule has 1 saturated heterocycles. The summed E-state index contributed by atoms with van der Waals surface area (Å²) in [5.74, 6) is 0.149. The highest BCUT2D eigenvalue weighted by molar-refractivity contribution is 5.90. The van der Waals surface area contributed by atoms with Crippen LogP contribution in [0.1, 0.15) is 31.2 Å². The molecule has 0 spiro atoms. The van der Waals surface area contributed by atoms with Gasteiger partial charge in [-0.25, -0.2) is 0 Å². The lowest BCUT2D eigenvalue weighted by Gasteiger charge is -2.30. The minimum absolute atomic E-state index is 0.0169. The van der Waals surface area contributed by atoms with Crippen molar-refractivity contribution in [3.63, 3.8) is 0 Å². The predicted octanol–water partition coefficient (Wildman–Crippen LogP) is 2.59. The zero-order chi connectivity index (χ0) is 13.7. The summed E-state index contributed by atoms with van der Waals surface area (Å²) in [5, 5.41) is 9.23. The molecule has 0 radical (unpaired) electrons. The van der Waals surface area contributed by atoms with Crippen LogP contribution in [0, 0.1) is 17.2 Å². The molecule has 19 heavy (non-hydrogen) atoms.